The van der Waals surface area contributed by atoms with Crippen LogP contribution in [-0.2, 0) is 4.79 Å². The lowest BCUT2D eigenvalue weighted by atomic mass is 9.75. The first-order valence-electron chi connectivity index (χ1n) is 8.36. The highest BCUT2D eigenvalue weighted by atomic mass is 16.3. The van der Waals surface area contributed by atoms with Crippen molar-refractivity contribution in [2.45, 2.75) is 64.3 Å². The molecule has 2 rings (SSSR count). The molecule has 0 aromatic heterocycles. The summed E-state index contributed by atoms with van der Waals surface area (Å²) in [5.41, 5.74) is -0.182. The van der Waals surface area contributed by atoms with E-state index in [1.807, 2.05) is 0 Å². The summed E-state index contributed by atoms with van der Waals surface area (Å²) in [6, 6.07) is 0.261. The molecule has 20 heavy (non-hydrogen) atoms. The van der Waals surface area contributed by atoms with Crippen LogP contribution in [0.15, 0.2) is 0 Å². The van der Waals surface area contributed by atoms with E-state index in [1.165, 1.54) is 6.42 Å². The minimum Gasteiger partial charge on any atom is -0.396 e. The summed E-state index contributed by atoms with van der Waals surface area (Å²) in [5.74, 6) is 0.352. The summed E-state index contributed by atoms with van der Waals surface area (Å²) in [4.78, 5) is 15.3. The molecule has 0 spiro atoms. The zero-order chi connectivity index (χ0) is 14.4. The molecule has 0 aliphatic carbocycles. The van der Waals surface area contributed by atoms with Gasteiger partial charge in [-0.25, -0.2) is 0 Å². The van der Waals surface area contributed by atoms with Gasteiger partial charge in [-0.15, -0.1) is 0 Å². The van der Waals surface area contributed by atoms with Gasteiger partial charge in [-0.2, -0.15) is 0 Å². The number of amides is 1. The van der Waals surface area contributed by atoms with Crippen molar-refractivity contribution in [2.24, 2.45) is 5.41 Å². The molecule has 2 heterocycles. The summed E-state index contributed by atoms with van der Waals surface area (Å²) in [6.45, 7) is 5.12. The van der Waals surface area contributed by atoms with Crippen molar-refractivity contribution in [3.63, 3.8) is 0 Å². The average molecular weight is 282 g/mol. The molecule has 1 amide bonds. The van der Waals surface area contributed by atoms with Crippen LogP contribution in [-0.4, -0.2) is 48.2 Å². The Bertz CT molecular complexity index is 306. The summed E-state index contributed by atoms with van der Waals surface area (Å²) in [6.07, 6.45) is 8.27. The molecule has 0 bridgehead atoms. The first-order chi connectivity index (χ1) is 9.73. The summed E-state index contributed by atoms with van der Waals surface area (Å²) in [5, 5.41) is 12.7. The fraction of sp³-hybridized carbons (Fsp3) is 0.938. The molecule has 2 saturated heterocycles. The zero-order valence-corrected chi connectivity index (χ0v) is 12.9. The van der Waals surface area contributed by atoms with Crippen LogP contribution >= 0.6 is 0 Å². The monoisotopic (exact) mass is 282 g/mol. The number of carbonyl (C=O) groups is 1. The van der Waals surface area contributed by atoms with E-state index in [0.717, 1.165) is 64.6 Å². The van der Waals surface area contributed by atoms with E-state index in [9.17, 15) is 9.90 Å². The lowest BCUT2D eigenvalue weighted by Gasteiger charge is -2.44. The number of aliphatic hydroxyl groups is 1. The van der Waals surface area contributed by atoms with E-state index in [1.54, 1.807) is 0 Å². The van der Waals surface area contributed by atoms with Crippen LogP contribution in [0.5, 0.6) is 0 Å². The number of nitrogens with one attached hydrogen (secondary N) is 1. The minimum absolute atomic E-state index is 0.182. The second-order valence-electron chi connectivity index (χ2n) is 6.47. The number of likely N-dealkylation sites (tertiary alicyclic amines) is 1. The smallest absolute Gasteiger partial charge is 0.230 e. The molecule has 2 fully saturated rings. The van der Waals surface area contributed by atoms with E-state index in [2.05, 4.69) is 17.1 Å². The quantitative estimate of drug-likeness (QED) is 0.810. The fourth-order valence-electron chi connectivity index (χ4n) is 3.97. The lowest BCUT2D eigenvalue weighted by Crippen LogP contribution is -2.55. The number of hydrogen-bond donors (Lipinski definition) is 2. The lowest BCUT2D eigenvalue weighted by molar-refractivity contribution is -0.148. The molecule has 0 saturated carbocycles. The molecule has 2 N–H and O–H groups in total. The molecule has 2 atom stereocenters. The number of hydrogen-bond acceptors (Lipinski definition) is 3. The highest BCUT2D eigenvalue weighted by Gasteiger charge is 2.43. The maximum atomic E-state index is 13.2. The van der Waals surface area contributed by atoms with Crippen molar-refractivity contribution >= 4 is 5.91 Å². The molecule has 2 unspecified atom stereocenters. The second kappa shape index (κ2) is 7.41. The van der Waals surface area contributed by atoms with Crippen LogP contribution in [0.3, 0.4) is 0 Å². The van der Waals surface area contributed by atoms with Gasteiger partial charge in [-0.05, 0) is 51.5 Å². The third-order valence-electron chi connectivity index (χ3n) is 5.00. The molecule has 2 aliphatic rings. The molecule has 116 valence electrons. The molecule has 2 aliphatic heterocycles. The van der Waals surface area contributed by atoms with Crippen molar-refractivity contribution in [3.8, 4) is 0 Å². The van der Waals surface area contributed by atoms with Gasteiger partial charge in [0.25, 0.3) is 0 Å². The molecule has 4 heteroatoms. The van der Waals surface area contributed by atoms with Crippen molar-refractivity contribution in [3.05, 3.63) is 0 Å². The number of carbonyl (C=O) groups excluding carboxylic acids is 1. The number of nitrogens with zero attached hydrogens (tertiary/aromatic N) is 1. The Morgan fingerprint density at radius 1 is 1.40 bits per heavy atom. The van der Waals surface area contributed by atoms with Crippen LogP contribution in [0, 0.1) is 5.41 Å². The predicted octanol–water partition coefficient (Wildman–Crippen LogP) is 1.92. The normalized spacial score (nSPS) is 31.3. The van der Waals surface area contributed by atoms with E-state index in [4.69, 9.17) is 0 Å². The Kier molecular flexibility index (Phi) is 5.85. The van der Waals surface area contributed by atoms with Gasteiger partial charge in [-0.1, -0.05) is 13.3 Å². The largest absolute Gasteiger partial charge is 0.396 e. The Hall–Kier alpha value is -0.610. The standard InChI is InChI=1S/C16H30N2O2/c1-2-8-16(9-5-10-17-13-16)15(20)18-11-4-3-6-14(18)7-12-19/h14,17,19H,2-13H2,1H3. The highest BCUT2D eigenvalue weighted by Crippen LogP contribution is 2.36. The van der Waals surface area contributed by atoms with Gasteiger partial charge in [-0.3, -0.25) is 4.79 Å². The summed E-state index contributed by atoms with van der Waals surface area (Å²) in [7, 11) is 0. The zero-order valence-electron chi connectivity index (χ0n) is 12.9. The first kappa shape index (κ1) is 15.8. The molecule has 4 nitrogen and oxygen atoms in total. The second-order valence-corrected chi connectivity index (χ2v) is 6.47. The molecule has 0 aromatic carbocycles. The highest BCUT2D eigenvalue weighted by molar-refractivity contribution is 5.83. The SMILES string of the molecule is CCCC1(C(=O)N2CCCCC2CCO)CCCNC1. The van der Waals surface area contributed by atoms with Crippen LogP contribution in [0.2, 0.25) is 0 Å². The molecule has 0 aromatic rings. The molecule has 0 radical (unpaired) electrons. The van der Waals surface area contributed by atoms with Crippen molar-refractivity contribution in [1.82, 2.24) is 10.2 Å². The number of piperidine rings is 2. The van der Waals surface area contributed by atoms with E-state index >= 15 is 0 Å². The van der Waals surface area contributed by atoms with Crippen LogP contribution in [0.25, 0.3) is 0 Å². The van der Waals surface area contributed by atoms with Crippen LogP contribution in [0.1, 0.15) is 58.3 Å². The van der Waals surface area contributed by atoms with Crippen molar-refractivity contribution < 1.29 is 9.90 Å². The van der Waals surface area contributed by atoms with Crippen molar-refractivity contribution in [2.75, 3.05) is 26.2 Å². The minimum atomic E-state index is -0.182. The number of rotatable bonds is 5. The average Bonchev–Trinajstić information content (AvgIpc) is 2.49. The van der Waals surface area contributed by atoms with Gasteiger partial charge in [0.15, 0.2) is 0 Å². The summed E-state index contributed by atoms with van der Waals surface area (Å²) >= 11 is 0. The van der Waals surface area contributed by atoms with Gasteiger partial charge < -0.3 is 15.3 Å². The van der Waals surface area contributed by atoms with Gasteiger partial charge in [0, 0.05) is 25.7 Å². The van der Waals surface area contributed by atoms with Crippen LogP contribution < -0.4 is 5.32 Å². The van der Waals surface area contributed by atoms with Crippen LogP contribution in [0.4, 0.5) is 0 Å². The third kappa shape index (κ3) is 3.34. The Morgan fingerprint density at radius 2 is 2.25 bits per heavy atom. The molecular formula is C16H30N2O2. The van der Waals surface area contributed by atoms with Gasteiger partial charge in [0.05, 0.1) is 5.41 Å². The Morgan fingerprint density at radius 3 is 2.90 bits per heavy atom. The van der Waals surface area contributed by atoms with E-state index in [0.29, 0.717) is 5.91 Å². The van der Waals surface area contributed by atoms with E-state index in [-0.39, 0.29) is 18.1 Å². The first-order valence-corrected chi connectivity index (χ1v) is 8.36. The molecular weight excluding hydrogens is 252 g/mol. The van der Waals surface area contributed by atoms with Crippen molar-refractivity contribution in [1.29, 1.82) is 0 Å². The Labute approximate surface area is 122 Å². The van der Waals surface area contributed by atoms with Gasteiger partial charge >= 0.3 is 0 Å². The maximum Gasteiger partial charge on any atom is 0.230 e. The maximum absolute atomic E-state index is 13.2. The van der Waals surface area contributed by atoms with Gasteiger partial charge in [0.1, 0.15) is 0 Å². The fourth-order valence-corrected chi connectivity index (χ4v) is 3.97. The van der Waals surface area contributed by atoms with Gasteiger partial charge in [0.2, 0.25) is 5.91 Å². The summed E-state index contributed by atoms with van der Waals surface area (Å²) < 4.78 is 0. The number of aliphatic hydroxyl groups excluding tert-OH is 1. The topological polar surface area (TPSA) is 52.6 Å². The predicted molar refractivity (Wildman–Crippen MR) is 80.5 cm³/mol. The third-order valence-corrected chi connectivity index (χ3v) is 5.00. The Balaban J connectivity index is 2.12. The van der Waals surface area contributed by atoms with E-state index < -0.39 is 0 Å².